The van der Waals surface area contributed by atoms with Crippen LogP contribution in [-0.2, 0) is 15.3 Å². The number of non-ortho nitro benzene ring substituents is 1. The number of allylic oxidation sites excluding steroid dienone is 1. The fourth-order valence-corrected chi connectivity index (χ4v) is 4.61. The number of H-pyrrole nitrogens is 1. The molecule has 4 rings (SSSR count). The minimum absolute atomic E-state index is 0.0127. The Hall–Kier alpha value is -3.99. The average Bonchev–Trinajstić information content (AvgIpc) is 2.82. The number of ether oxygens (including phenoxy) is 1. The maximum atomic E-state index is 13.3. The number of thioether (sulfide) groups is 1. The molecule has 3 heterocycles. The van der Waals surface area contributed by atoms with Crippen molar-refractivity contribution in [3.63, 3.8) is 0 Å². The molecule has 11 heteroatoms. The Morgan fingerprint density at radius 3 is 2.63 bits per heavy atom. The molecule has 0 saturated heterocycles. The molecule has 0 fully saturated rings. The van der Waals surface area contributed by atoms with Crippen LogP contribution >= 0.6 is 11.8 Å². The summed E-state index contributed by atoms with van der Waals surface area (Å²) in [7, 11) is 0. The van der Waals surface area contributed by atoms with Gasteiger partial charge < -0.3 is 15.0 Å². The third kappa shape index (κ3) is 5.24. The summed E-state index contributed by atoms with van der Waals surface area (Å²) in [5.74, 6) is -0.406. The van der Waals surface area contributed by atoms with Crippen LogP contribution in [0, 0.1) is 10.1 Å². The van der Waals surface area contributed by atoms with Crippen molar-refractivity contribution in [1.82, 2.24) is 15.0 Å². The van der Waals surface area contributed by atoms with Gasteiger partial charge in [0.2, 0.25) is 0 Å². The van der Waals surface area contributed by atoms with E-state index in [1.54, 1.807) is 57.4 Å². The molecule has 0 saturated carbocycles. The van der Waals surface area contributed by atoms with Crippen LogP contribution in [0.5, 0.6) is 0 Å². The number of rotatable bonds is 7. The van der Waals surface area contributed by atoms with Crippen molar-refractivity contribution in [1.29, 1.82) is 0 Å². The van der Waals surface area contributed by atoms with Gasteiger partial charge in [-0.2, -0.15) is 0 Å². The van der Waals surface area contributed by atoms with Crippen LogP contribution in [0.2, 0.25) is 0 Å². The fourth-order valence-electron chi connectivity index (χ4n) is 3.79. The predicted octanol–water partition coefficient (Wildman–Crippen LogP) is 4.15. The monoisotopic (exact) mass is 493 g/mol. The van der Waals surface area contributed by atoms with Gasteiger partial charge >= 0.3 is 5.97 Å². The number of pyridine rings is 1. The molecule has 35 heavy (non-hydrogen) atoms. The SMILES string of the molecule is CC1=C(C(=O)OC(C)C)C(c2cccnc2)c2c(nc(SCc3ccc([N+](=O)[O-])cc3)[nH]c2=O)N1. The van der Waals surface area contributed by atoms with Gasteiger partial charge in [-0.25, -0.2) is 9.78 Å². The zero-order chi connectivity index (χ0) is 25.1. The molecule has 1 unspecified atom stereocenters. The summed E-state index contributed by atoms with van der Waals surface area (Å²) in [5, 5.41) is 14.3. The standard InChI is InChI=1S/C24H23N5O5S/c1-13(2)34-23(31)18-14(3)26-21-20(19(18)16-5-4-10-25-11-16)22(30)28-24(27-21)35-12-15-6-8-17(9-7-15)29(32)33/h4-11,13,19H,12H2,1-3H3,(H2,26,27,28,30). The van der Waals surface area contributed by atoms with E-state index in [0.29, 0.717) is 39.1 Å². The first-order chi connectivity index (χ1) is 16.7. The van der Waals surface area contributed by atoms with E-state index < -0.39 is 16.8 Å². The van der Waals surface area contributed by atoms with Crippen molar-refractivity contribution in [2.45, 2.75) is 43.7 Å². The van der Waals surface area contributed by atoms with Crippen LogP contribution in [0.4, 0.5) is 11.5 Å². The quantitative estimate of drug-likeness (QED) is 0.163. The Morgan fingerprint density at radius 2 is 2.00 bits per heavy atom. The van der Waals surface area contributed by atoms with Crippen molar-refractivity contribution in [2.75, 3.05) is 5.32 Å². The van der Waals surface area contributed by atoms with Gasteiger partial charge in [0.25, 0.3) is 11.2 Å². The molecule has 0 aliphatic carbocycles. The molecule has 2 N–H and O–H groups in total. The van der Waals surface area contributed by atoms with Crippen molar-refractivity contribution in [3.8, 4) is 0 Å². The van der Waals surface area contributed by atoms with Crippen molar-refractivity contribution < 1.29 is 14.5 Å². The first kappa shape index (κ1) is 24.1. The van der Waals surface area contributed by atoms with Gasteiger partial charge in [0, 0.05) is 36.0 Å². The number of carbonyl (C=O) groups excluding carboxylic acids is 1. The van der Waals surface area contributed by atoms with Crippen LogP contribution in [0.3, 0.4) is 0 Å². The highest BCUT2D eigenvalue weighted by Gasteiger charge is 2.36. The van der Waals surface area contributed by atoms with Gasteiger partial charge in [-0.05, 0) is 38.0 Å². The average molecular weight is 494 g/mol. The molecule has 0 radical (unpaired) electrons. The molecule has 1 aliphatic heterocycles. The topological polar surface area (TPSA) is 140 Å². The minimum atomic E-state index is -0.698. The van der Waals surface area contributed by atoms with Crippen LogP contribution in [-0.4, -0.2) is 31.9 Å². The summed E-state index contributed by atoms with van der Waals surface area (Å²) in [5.41, 5.74) is 2.32. The van der Waals surface area contributed by atoms with E-state index in [0.717, 1.165) is 5.56 Å². The summed E-state index contributed by atoms with van der Waals surface area (Å²) < 4.78 is 5.47. The molecule has 1 aromatic carbocycles. The number of hydrogen-bond donors (Lipinski definition) is 2. The highest BCUT2D eigenvalue weighted by atomic mass is 32.2. The molecule has 180 valence electrons. The number of fused-ring (bicyclic) bond motifs is 1. The maximum absolute atomic E-state index is 13.3. The highest BCUT2D eigenvalue weighted by Crippen LogP contribution is 2.40. The molecular weight excluding hydrogens is 470 g/mol. The number of nitrogens with one attached hydrogen (secondary N) is 2. The Morgan fingerprint density at radius 1 is 1.26 bits per heavy atom. The molecule has 0 bridgehead atoms. The maximum Gasteiger partial charge on any atom is 0.337 e. The number of nitro benzene ring substituents is 1. The number of hydrogen-bond acceptors (Lipinski definition) is 9. The number of nitro groups is 1. The van der Waals surface area contributed by atoms with Gasteiger partial charge in [-0.1, -0.05) is 30.0 Å². The van der Waals surface area contributed by atoms with Gasteiger partial charge in [0.15, 0.2) is 5.16 Å². The highest BCUT2D eigenvalue weighted by molar-refractivity contribution is 7.98. The Balaban J connectivity index is 1.68. The Bertz CT molecular complexity index is 1350. The van der Waals surface area contributed by atoms with Gasteiger partial charge in [0.1, 0.15) is 5.82 Å². The molecule has 1 aliphatic rings. The van der Waals surface area contributed by atoms with Crippen LogP contribution < -0.4 is 10.9 Å². The van der Waals surface area contributed by atoms with E-state index >= 15 is 0 Å². The van der Waals surface area contributed by atoms with Crippen LogP contribution in [0.25, 0.3) is 0 Å². The normalized spacial score (nSPS) is 14.9. The first-order valence-corrected chi connectivity index (χ1v) is 11.8. The van der Waals surface area contributed by atoms with Crippen LogP contribution in [0.15, 0.2) is 70.0 Å². The zero-order valence-corrected chi connectivity index (χ0v) is 20.1. The molecule has 1 atom stereocenters. The second-order valence-corrected chi connectivity index (χ2v) is 9.15. The third-order valence-electron chi connectivity index (χ3n) is 5.32. The van der Waals surface area contributed by atoms with E-state index in [9.17, 15) is 19.7 Å². The summed E-state index contributed by atoms with van der Waals surface area (Å²) in [6.07, 6.45) is 2.91. The summed E-state index contributed by atoms with van der Waals surface area (Å²) >= 11 is 1.29. The largest absolute Gasteiger partial charge is 0.460 e. The minimum Gasteiger partial charge on any atom is -0.460 e. The molecule has 0 amide bonds. The second-order valence-electron chi connectivity index (χ2n) is 8.18. The van der Waals surface area contributed by atoms with Crippen LogP contribution in [0.1, 0.15) is 43.4 Å². The number of carbonyl (C=O) groups is 1. The lowest BCUT2D eigenvalue weighted by molar-refractivity contribution is -0.384. The zero-order valence-electron chi connectivity index (χ0n) is 19.3. The summed E-state index contributed by atoms with van der Waals surface area (Å²) in [6.45, 7) is 5.27. The Kier molecular flexibility index (Phi) is 6.97. The predicted molar refractivity (Wildman–Crippen MR) is 131 cm³/mol. The lowest BCUT2D eigenvalue weighted by Crippen LogP contribution is -2.31. The molecule has 3 aromatic rings. The number of aromatic amines is 1. The molecule has 0 spiro atoms. The summed E-state index contributed by atoms with van der Waals surface area (Å²) in [6, 6.07) is 9.75. The van der Waals surface area contributed by atoms with E-state index in [1.165, 1.54) is 23.9 Å². The fraction of sp³-hybridized carbons (Fsp3) is 0.250. The van der Waals surface area contributed by atoms with E-state index in [-0.39, 0.29) is 17.4 Å². The second kappa shape index (κ2) is 10.1. The van der Waals surface area contributed by atoms with E-state index in [2.05, 4.69) is 20.3 Å². The molecule has 2 aromatic heterocycles. The number of anilines is 1. The number of nitrogens with zero attached hydrogens (tertiary/aromatic N) is 3. The van der Waals surface area contributed by atoms with Crippen molar-refractivity contribution in [2.24, 2.45) is 0 Å². The molecule has 10 nitrogen and oxygen atoms in total. The number of esters is 1. The van der Waals surface area contributed by atoms with Gasteiger partial charge in [0.05, 0.1) is 28.1 Å². The smallest absolute Gasteiger partial charge is 0.337 e. The Labute approximate surface area is 205 Å². The lowest BCUT2D eigenvalue weighted by Gasteiger charge is -2.29. The third-order valence-corrected chi connectivity index (χ3v) is 6.27. The summed E-state index contributed by atoms with van der Waals surface area (Å²) in [4.78, 5) is 48.2. The van der Waals surface area contributed by atoms with Crippen molar-refractivity contribution >= 4 is 29.2 Å². The number of aromatic nitrogens is 3. The molecular formula is C24H23N5O5S. The first-order valence-electron chi connectivity index (χ1n) is 10.8. The number of benzene rings is 1. The van der Waals surface area contributed by atoms with Gasteiger partial charge in [-0.15, -0.1) is 0 Å². The van der Waals surface area contributed by atoms with Gasteiger partial charge in [-0.3, -0.25) is 19.9 Å². The lowest BCUT2D eigenvalue weighted by atomic mass is 9.83. The van der Waals surface area contributed by atoms with E-state index in [1.807, 2.05) is 0 Å². The van der Waals surface area contributed by atoms with Crippen molar-refractivity contribution in [3.05, 3.63) is 97.2 Å². The van der Waals surface area contributed by atoms with E-state index in [4.69, 9.17) is 4.74 Å².